The normalized spacial score (nSPS) is 14.1. The number of carbonyl (C=O) groups is 1. The first-order chi connectivity index (χ1) is 14.7. The molecule has 8 heteroatoms. The zero-order valence-corrected chi connectivity index (χ0v) is 17.9. The molecule has 0 fully saturated rings. The first-order valence-corrected chi connectivity index (χ1v) is 9.86. The molecule has 0 aliphatic rings. The average Bonchev–Trinajstić information content (AvgIpc) is 3.06. The number of nitrogens with zero attached hydrogens (tertiary/aromatic N) is 2. The van der Waals surface area contributed by atoms with Gasteiger partial charge < -0.3 is 14.5 Å². The average molecular weight is 425 g/mol. The van der Waals surface area contributed by atoms with Crippen LogP contribution in [-0.2, 0) is 23.0 Å². The highest BCUT2D eigenvalue weighted by Gasteiger charge is 2.32. The summed E-state index contributed by atoms with van der Waals surface area (Å²) in [4.78, 5) is 24.1. The number of nitrogens with one attached hydrogen (secondary N) is 1. The number of halogens is 1. The standard InChI is InChI=1S/C23H24FN3O4/c1-5-23(2,30-4)21(28)26-17(13-25)10-16-7-6-14(11-18(16)24)15-8-9-20-19(12-15)27(3)22(29)31-20/h6-9,11-12,17H,5,10H2,1-4H3,(H,26,28). The predicted octanol–water partition coefficient (Wildman–Crippen LogP) is 3.30. The summed E-state index contributed by atoms with van der Waals surface area (Å²) in [6.07, 6.45) is 0.455. The molecule has 0 saturated carbocycles. The fraction of sp³-hybridized carbons (Fsp3) is 0.348. The lowest BCUT2D eigenvalue weighted by Gasteiger charge is -2.26. The van der Waals surface area contributed by atoms with Gasteiger partial charge in [-0.3, -0.25) is 9.36 Å². The van der Waals surface area contributed by atoms with Gasteiger partial charge >= 0.3 is 5.76 Å². The first kappa shape index (κ1) is 22.2. The Morgan fingerprint density at radius 3 is 2.61 bits per heavy atom. The van der Waals surface area contributed by atoms with Crippen molar-refractivity contribution >= 4 is 17.0 Å². The van der Waals surface area contributed by atoms with Crippen LogP contribution in [0, 0.1) is 17.1 Å². The van der Waals surface area contributed by atoms with Crippen LogP contribution in [0.25, 0.3) is 22.2 Å². The lowest BCUT2D eigenvalue weighted by Crippen LogP contribution is -2.49. The van der Waals surface area contributed by atoms with Gasteiger partial charge in [0.2, 0.25) is 0 Å². The Hall–Kier alpha value is -3.44. The van der Waals surface area contributed by atoms with E-state index in [0.717, 1.165) is 5.56 Å². The second-order valence-electron chi connectivity index (χ2n) is 7.56. The summed E-state index contributed by atoms with van der Waals surface area (Å²) in [6, 6.07) is 11.0. The van der Waals surface area contributed by atoms with Crippen LogP contribution in [0.2, 0.25) is 0 Å². The zero-order chi connectivity index (χ0) is 22.8. The van der Waals surface area contributed by atoms with E-state index in [2.05, 4.69) is 5.32 Å². The molecule has 0 aliphatic carbocycles. The fourth-order valence-electron chi connectivity index (χ4n) is 3.26. The van der Waals surface area contributed by atoms with Crippen molar-refractivity contribution in [1.29, 1.82) is 5.26 Å². The minimum atomic E-state index is -1.05. The summed E-state index contributed by atoms with van der Waals surface area (Å²) in [5.41, 5.74) is 1.66. The molecule has 3 rings (SSSR count). The van der Waals surface area contributed by atoms with E-state index in [1.807, 2.05) is 13.0 Å². The Bertz CT molecular complexity index is 1220. The zero-order valence-electron chi connectivity index (χ0n) is 17.9. The summed E-state index contributed by atoms with van der Waals surface area (Å²) < 4.78 is 26.6. The van der Waals surface area contributed by atoms with Gasteiger partial charge in [0.15, 0.2) is 5.58 Å². The molecule has 2 unspecified atom stereocenters. The van der Waals surface area contributed by atoms with Crippen LogP contribution in [0.4, 0.5) is 4.39 Å². The molecule has 1 heterocycles. The Balaban J connectivity index is 1.82. The van der Waals surface area contributed by atoms with E-state index in [0.29, 0.717) is 28.6 Å². The van der Waals surface area contributed by atoms with E-state index < -0.39 is 29.1 Å². The smallest absolute Gasteiger partial charge is 0.408 e. The number of hydrogen-bond acceptors (Lipinski definition) is 5. The Labute approximate surface area is 179 Å². The largest absolute Gasteiger partial charge is 0.419 e. The molecule has 1 N–H and O–H groups in total. The van der Waals surface area contributed by atoms with Crippen LogP contribution in [0.5, 0.6) is 0 Å². The lowest BCUT2D eigenvalue weighted by atomic mass is 9.98. The number of methoxy groups -OCH3 is 1. The number of oxazole rings is 1. The molecule has 0 aliphatic heterocycles. The monoisotopic (exact) mass is 425 g/mol. The van der Waals surface area contributed by atoms with Crippen molar-refractivity contribution in [3.63, 3.8) is 0 Å². The molecule has 1 aromatic heterocycles. The molecule has 0 saturated heterocycles. The van der Waals surface area contributed by atoms with Crippen LogP contribution in [0.3, 0.4) is 0 Å². The van der Waals surface area contributed by atoms with E-state index in [4.69, 9.17) is 9.15 Å². The van der Waals surface area contributed by atoms with Gasteiger partial charge in [0.05, 0.1) is 11.6 Å². The summed E-state index contributed by atoms with van der Waals surface area (Å²) in [7, 11) is 3.03. The number of rotatable bonds is 7. The molecule has 2 atom stereocenters. The van der Waals surface area contributed by atoms with Crippen LogP contribution in [0.1, 0.15) is 25.8 Å². The number of aryl methyl sites for hydroxylation is 1. The number of benzene rings is 2. The molecule has 0 spiro atoms. The SMILES string of the molecule is CCC(C)(OC)C(=O)NC(C#N)Cc1ccc(-c2ccc3oc(=O)n(C)c3c2)cc1F. The van der Waals surface area contributed by atoms with E-state index in [1.54, 1.807) is 44.3 Å². The van der Waals surface area contributed by atoms with E-state index in [1.165, 1.54) is 17.7 Å². The number of aromatic nitrogens is 1. The topological polar surface area (TPSA) is 97.3 Å². The summed E-state index contributed by atoms with van der Waals surface area (Å²) in [5, 5.41) is 12.1. The summed E-state index contributed by atoms with van der Waals surface area (Å²) in [6.45, 7) is 3.44. The first-order valence-electron chi connectivity index (χ1n) is 9.86. The van der Waals surface area contributed by atoms with Crippen LogP contribution >= 0.6 is 0 Å². The van der Waals surface area contributed by atoms with Gasteiger partial charge in [-0.15, -0.1) is 0 Å². The van der Waals surface area contributed by atoms with E-state index in [9.17, 15) is 19.2 Å². The molecule has 2 aromatic carbocycles. The Morgan fingerprint density at radius 1 is 1.32 bits per heavy atom. The minimum absolute atomic E-state index is 0.0210. The van der Waals surface area contributed by atoms with Crippen molar-refractivity contribution in [3.8, 4) is 17.2 Å². The Morgan fingerprint density at radius 2 is 2.00 bits per heavy atom. The van der Waals surface area contributed by atoms with Crippen LogP contribution in [-0.4, -0.2) is 29.2 Å². The number of nitriles is 1. The van der Waals surface area contributed by atoms with Crippen molar-refractivity contribution in [3.05, 3.63) is 58.3 Å². The maximum absolute atomic E-state index is 14.8. The molecule has 3 aromatic rings. The van der Waals surface area contributed by atoms with E-state index >= 15 is 0 Å². The number of amides is 1. The summed E-state index contributed by atoms with van der Waals surface area (Å²) in [5.74, 6) is -1.37. The Kier molecular flexibility index (Phi) is 6.27. The van der Waals surface area contributed by atoms with Gasteiger partial charge in [-0.25, -0.2) is 9.18 Å². The molecular formula is C23H24FN3O4. The third-order valence-corrected chi connectivity index (χ3v) is 5.67. The maximum atomic E-state index is 14.8. The van der Waals surface area contributed by atoms with Crippen molar-refractivity contribution < 1.29 is 18.3 Å². The van der Waals surface area contributed by atoms with Crippen molar-refractivity contribution in [2.75, 3.05) is 7.11 Å². The third-order valence-electron chi connectivity index (χ3n) is 5.67. The molecule has 31 heavy (non-hydrogen) atoms. The second-order valence-corrected chi connectivity index (χ2v) is 7.56. The fourth-order valence-corrected chi connectivity index (χ4v) is 3.26. The molecule has 0 bridgehead atoms. The molecule has 1 amide bonds. The molecule has 0 radical (unpaired) electrons. The number of fused-ring (bicyclic) bond motifs is 1. The minimum Gasteiger partial charge on any atom is -0.408 e. The number of hydrogen-bond donors (Lipinski definition) is 1. The lowest BCUT2D eigenvalue weighted by molar-refractivity contribution is -0.142. The highest BCUT2D eigenvalue weighted by Crippen LogP contribution is 2.26. The second kappa shape index (κ2) is 8.74. The highest BCUT2D eigenvalue weighted by molar-refractivity contribution is 5.85. The molecular weight excluding hydrogens is 401 g/mol. The van der Waals surface area contributed by atoms with Crippen molar-refractivity contribution in [2.24, 2.45) is 7.05 Å². The highest BCUT2D eigenvalue weighted by atomic mass is 19.1. The molecule has 162 valence electrons. The van der Waals surface area contributed by atoms with Crippen LogP contribution in [0.15, 0.2) is 45.6 Å². The maximum Gasteiger partial charge on any atom is 0.419 e. The quantitative estimate of drug-likeness (QED) is 0.626. The van der Waals surface area contributed by atoms with Gasteiger partial charge in [-0.2, -0.15) is 5.26 Å². The van der Waals surface area contributed by atoms with Gasteiger partial charge in [0.1, 0.15) is 17.5 Å². The summed E-state index contributed by atoms with van der Waals surface area (Å²) >= 11 is 0. The van der Waals surface area contributed by atoms with Crippen molar-refractivity contribution in [2.45, 2.75) is 38.3 Å². The van der Waals surface area contributed by atoms with Crippen molar-refractivity contribution in [1.82, 2.24) is 9.88 Å². The van der Waals surface area contributed by atoms with Gasteiger partial charge in [0.25, 0.3) is 5.91 Å². The van der Waals surface area contributed by atoms with Gasteiger partial charge in [-0.1, -0.05) is 25.1 Å². The van der Waals surface area contributed by atoms with Crippen LogP contribution < -0.4 is 11.1 Å². The van der Waals surface area contributed by atoms with E-state index in [-0.39, 0.29) is 6.42 Å². The number of ether oxygens (including phenoxy) is 1. The number of carbonyl (C=O) groups excluding carboxylic acids is 1. The third kappa shape index (κ3) is 4.37. The molecule has 7 nitrogen and oxygen atoms in total. The van der Waals surface area contributed by atoms with Gasteiger partial charge in [0, 0.05) is 20.6 Å². The van der Waals surface area contributed by atoms with Gasteiger partial charge in [-0.05, 0) is 48.2 Å². The predicted molar refractivity (Wildman–Crippen MR) is 114 cm³/mol.